The fourth-order valence-electron chi connectivity index (χ4n) is 1.44. The van der Waals surface area contributed by atoms with Crippen molar-refractivity contribution in [2.75, 3.05) is 7.11 Å². The SMILES string of the molecule is COc1c(C(C)C(=O)O)cc(C)c(O)c1F. The Bertz CT molecular complexity index is 428. The van der Waals surface area contributed by atoms with E-state index in [4.69, 9.17) is 9.84 Å². The molecule has 0 amide bonds. The zero-order chi connectivity index (χ0) is 12.5. The summed E-state index contributed by atoms with van der Waals surface area (Å²) in [6.07, 6.45) is 0. The van der Waals surface area contributed by atoms with Crippen LogP contribution in [0.1, 0.15) is 24.0 Å². The molecule has 0 saturated carbocycles. The largest absolute Gasteiger partial charge is 0.505 e. The molecule has 2 N–H and O–H groups in total. The Morgan fingerprint density at radius 1 is 1.56 bits per heavy atom. The minimum atomic E-state index is -1.08. The maximum absolute atomic E-state index is 13.6. The Morgan fingerprint density at radius 2 is 2.12 bits per heavy atom. The van der Waals surface area contributed by atoms with Crippen LogP contribution in [0.3, 0.4) is 0 Å². The Morgan fingerprint density at radius 3 is 2.56 bits per heavy atom. The summed E-state index contributed by atoms with van der Waals surface area (Å²) in [5.74, 6) is -3.65. The Kier molecular flexibility index (Phi) is 3.37. The number of carbonyl (C=O) groups is 1. The third-order valence-corrected chi connectivity index (χ3v) is 2.46. The van der Waals surface area contributed by atoms with Crippen LogP contribution < -0.4 is 4.74 Å². The molecule has 1 unspecified atom stereocenters. The lowest BCUT2D eigenvalue weighted by molar-refractivity contribution is -0.138. The first-order valence-electron chi connectivity index (χ1n) is 4.68. The number of ether oxygens (including phenoxy) is 1. The quantitative estimate of drug-likeness (QED) is 0.830. The van der Waals surface area contributed by atoms with Gasteiger partial charge in [0.05, 0.1) is 13.0 Å². The topological polar surface area (TPSA) is 66.8 Å². The van der Waals surface area contributed by atoms with Crippen molar-refractivity contribution in [1.29, 1.82) is 0 Å². The van der Waals surface area contributed by atoms with Crippen molar-refractivity contribution < 1.29 is 24.1 Å². The van der Waals surface area contributed by atoms with E-state index in [9.17, 15) is 14.3 Å². The number of phenols is 1. The van der Waals surface area contributed by atoms with E-state index in [2.05, 4.69) is 0 Å². The molecular weight excluding hydrogens is 215 g/mol. The van der Waals surface area contributed by atoms with E-state index >= 15 is 0 Å². The van der Waals surface area contributed by atoms with E-state index < -0.39 is 23.5 Å². The second-order valence-electron chi connectivity index (χ2n) is 3.54. The van der Waals surface area contributed by atoms with Crippen molar-refractivity contribution in [1.82, 2.24) is 0 Å². The number of benzene rings is 1. The van der Waals surface area contributed by atoms with Gasteiger partial charge in [-0.3, -0.25) is 4.79 Å². The molecule has 0 radical (unpaired) electrons. The molecule has 1 aromatic rings. The van der Waals surface area contributed by atoms with Crippen molar-refractivity contribution >= 4 is 5.97 Å². The predicted octanol–water partition coefficient (Wildman–Crippen LogP) is 2.04. The minimum Gasteiger partial charge on any atom is -0.505 e. The van der Waals surface area contributed by atoms with Crippen molar-refractivity contribution in [3.8, 4) is 11.5 Å². The number of carboxylic acids is 1. The average molecular weight is 228 g/mol. The van der Waals surface area contributed by atoms with Gasteiger partial charge >= 0.3 is 5.97 Å². The zero-order valence-corrected chi connectivity index (χ0v) is 9.24. The normalized spacial score (nSPS) is 12.2. The van der Waals surface area contributed by atoms with E-state index in [0.29, 0.717) is 0 Å². The fourth-order valence-corrected chi connectivity index (χ4v) is 1.44. The van der Waals surface area contributed by atoms with Crippen LogP contribution in [0.15, 0.2) is 6.07 Å². The van der Waals surface area contributed by atoms with Gasteiger partial charge in [0.1, 0.15) is 0 Å². The van der Waals surface area contributed by atoms with Crippen molar-refractivity contribution in [2.45, 2.75) is 19.8 Å². The lowest BCUT2D eigenvalue weighted by atomic mass is 9.97. The monoisotopic (exact) mass is 228 g/mol. The lowest BCUT2D eigenvalue weighted by Crippen LogP contribution is -2.10. The molecule has 0 fully saturated rings. The van der Waals surface area contributed by atoms with Gasteiger partial charge in [-0.15, -0.1) is 0 Å². The molecule has 1 aromatic carbocycles. The molecule has 5 heteroatoms. The first kappa shape index (κ1) is 12.3. The molecule has 16 heavy (non-hydrogen) atoms. The number of phenolic OH excluding ortho intramolecular Hbond substituents is 1. The zero-order valence-electron chi connectivity index (χ0n) is 9.24. The van der Waals surface area contributed by atoms with E-state index in [1.54, 1.807) is 0 Å². The molecule has 0 aliphatic heterocycles. The van der Waals surface area contributed by atoms with Crippen molar-refractivity contribution in [3.05, 3.63) is 23.0 Å². The molecule has 1 atom stereocenters. The highest BCUT2D eigenvalue weighted by molar-refractivity contribution is 5.77. The summed E-state index contributed by atoms with van der Waals surface area (Å²) in [7, 11) is 1.23. The van der Waals surface area contributed by atoms with Crippen LogP contribution in [0.2, 0.25) is 0 Å². The van der Waals surface area contributed by atoms with Crippen LogP contribution in [0.25, 0.3) is 0 Å². The Balaban J connectivity index is 3.44. The van der Waals surface area contributed by atoms with E-state index in [1.165, 1.54) is 27.0 Å². The molecule has 0 aliphatic rings. The Labute approximate surface area is 92.3 Å². The number of carboxylic acid groups (broad SMARTS) is 1. The van der Waals surface area contributed by atoms with Gasteiger partial charge in [-0.25, -0.2) is 0 Å². The number of aryl methyl sites for hydroxylation is 1. The van der Waals surface area contributed by atoms with E-state index in [1.807, 2.05) is 0 Å². The van der Waals surface area contributed by atoms with Gasteiger partial charge in [-0.2, -0.15) is 4.39 Å². The van der Waals surface area contributed by atoms with Gasteiger partial charge in [0.2, 0.25) is 5.82 Å². The third kappa shape index (κ3) is 1.93. The number of halogens is 1. The maximum Gasteiger partial charge on any atom is 0.310 e. The summed E-state index contributed by atoms with van der Waals surface area (Å²) in [6, 6.07) is 1.41. The molecular formula is C11H13FO4. The van der Waals surface area contributed by atoms with E-state index in [-0.39, 0.29) is 16.9 Å². The summed E-state index contributed by atoms with van der Waals surface area (Å²) >= 11 is 0. The van der Waals surface area contributed by atoms with Gasteiger partial charge in [0.15, 0.2) is 11.5 Å². The number of hydrogen-bond donors (Lipinski definition) is 2. The highest BCUT2D eigenvalue weighted by atomic mass is 19.1. The number of aromatic hydroxyl groups is 1. The minimum absolute atomic E-state index is 0.211. The number of rotatable bonds is 3. The van der Waals surface area contributed by atoms with Crippen LogP contribution >= 0.6 is 0 Å². The molecule has 0 spiro atoms. The lowest BCUT2D eigenvalue weighted by Gasteiger charge is -2.15. The molecule has 0 heterocycles. The maximum atomic E-state index is 13.6. The van der Waals surface area contributed by atoms with Gasteiger partial charge in [0.25, 0.3) is 0 Å². The summed E-state index contributed by atoms with van der Waals surface area (Å²) in [5.41, 5.74) is 0.490. The third-order valence-electron chi connectivity index (χ3n) is 2.46. The fraction of sp³-hybridized carbons (Fsp3) is 0.364. The average Bonchev–Trinajstić information content (AvgIpc) is 2.24. The first-order valence-corrected chi connectivity index (χ1v) is 4.68. The Hall–Kier alpha value is -1.78. The van der Waals surface area contributed by atoms with Crippen molar-refractivity contribution in [3.63, 3.8) is 0 Å². The summed E-state index contributed by atoms with van der Waals surface area (Å²) in [4.78, 5) is 10.8. The molecule has 4 nitrogen and oxygen atoms in total. The van der Waals surface area contributed by atoms with E-state index in [0.717, 1.165) is 0 Å². The summed E-state index contributed by atoms with van der Waals surface area (Å²) in [5, 5.41) is 18.2. The smallest absolute Gasteiger partial charge is 0.310 e. The molecule has 0 bridgehead atoms. The van der Waals surface area contributed by atoms with Gasteiger partial charge in [0, 0.05) is 5.56 Å². The van der Waals surface area contributed by atoms with Crippen LogP contribution in [-0.4, -0.2) is 23.3 Å². The van der Waals surface area contributed by atoms with Gasteiger partial charge in [-0.05, 0) is 25.5 Å². The first-order chi connectivity index (χ1) is 7.40. The molecule has 0 aromatic heterocycles. The summed E-state index contributed by atoms with van der Waals surface area (Å²) in [6.45, 7) is 2.92. The van der Waals surface area contributed by atoms with Crippen LogP contribution in [0.4, 0.5) is 4.39 Å². The van der Waals surface area contributed by atoms with Crippen molar-refractivity contribution in [2.24, 2.45) is 0 Å². The second kappa shape index (κ2) is 4.38. The number of hydrogen-bond acceptors (Lipinski definition) is 3. The predicted molar refractivity (Wildman–Crippen MR) is 55.4 cm³/mol. The number of aliphatic carboxylic acids is 1. The number of methoxy groups -OCH3 is 1. The standard InChI is InChI=1S/C11H13FO4/c1-5-4-7(6(2)11(14)15)10(16-3)8(12)9(5)13/h4,6,13H,1-3H3,(H,14,15). The van der Waals surface area contributed by atoms with Gasteiger partial charge < -0.3 is 14.9 Å². The molecule has 88 valence electrons. The highest BCUT2D eigenvalue weighted by Crippen LogP contribution is 2.36. The van der Waals surface area contributed by atoms with Gasteiger partial charge in [-0.1, -0.05) is 0 Å². The molecule has 1 rings (SSSR count). The highest BCUT2D eigenvalue weighted by Gasteiger charge is 2.24. The van der Waals surface area contributed by atoms with Crippen LogP contribution in [0.5, 0.6) is 11.5 Å². The molecule has 0 aliphatic carbocycles. The van der Waals surface area contributed by atoms with Crippen LogP contribution in [-0.2, 0) is 4.79 Å². The molecule has 0 saturated heterocycles. The van der Waals surface area contributed by atoms with Crippen LogP contribution in [0, 0.1) is 12.7 Å². The summed E-state index contributed by atoms with van der Waals surface area (Å²) < 4.78 is 18.4. The second-order valence-corrected chi connectivity index (χ2v) is 3.54.